The van der Waals surface area contributed by atoms with Gasteiger partial charge < -0.3 is 28.8 Å². The first-order valence-corrected chi connectivity index (χ1v) is 12.1. The van der Waals surface area contributed by atoms with Crippen LogP contribution in [0.5, 0.6) is 0 Å². The Hall–Kier alpha value is -2.58. The summed E-state index contributed by atoms with van der Waals surface area (Å²) in [5.41, 5.74) is 3.10. The summed E-state index contributed by atoms with van der Waals surface area (Å²) in [6.45, 7) is 3.23. The van der Waals surface area contributed by atoms with Crippen LogP contribution >= 0.6 is 0 Å². The zero-order valence-corrected chi connectivity index (χ0v) is 20.1. The van der Waals surface area contributed by atoms with Gasteiger partial charge in [0.25, 0.3) is 0 Å². The van der Waals surface area contributed by atoms with Gasteiger partial charge in [-0.3, -0.25) is 0 Å². The summed E-state index contributed by atoms with van der Waals surface area (Å²) in [6, 6.07) is 29.8. The van der Waals surface area contributed by atoms with Crippen molar-refractivity contribution in [3.05, 3.63) is 108 Å². The van der Waals surface area contributed by atoms with Crippen LogP contribution in [0.2, 0.25) is 0 Å². The van der Waals surface area contributed by atoms with Gasteiger partial charge in [0.05, 0.1) is 26.4 Å². The predicted molar refractivity (Wildman–Crippen MR) is 132 cm³/mol. The molecule has 5 unspecified atom stereocenters. The molecular formula is C29H34O6. The van der Waals surface area contributed by atoms with E-state index in [4.69, 9.17) is 23.7 Å². The van der Waals surface area contributed by atoms with Gasteiger partial charge in [-0.2, -0.15) is 0 Å². The molecular weight excluding hydrogens is 444 g/mol. The Morgan fingerprint density at radius 2 is 1.03 bits per heavy atom. The smallest absolute Gasteiger partial charge is 0.186 e. The van der Waals surface area contributed by atoms with E-state index < -0.39 is 30.7 Å². The van der Waals surface area contributed by atoms with E-state index in [-0.39, 0.29) is 6.61 Å². The van der Waals surface area contributed by atoms with Crippen molar-refractivity contribution in [3.63, 3.8) is 0 Å². The van der Waals surface area contributed by atoms with E-state index >= 15 is 0 Å². The van der Waals surface area contributed by atoms with E-state index in [1.165, 1.54) is 0 Å². The minimum Gasteiger partial charge on any atom is -0.394 e. The number of rotatable bonds is 12. The molecule has 6 heteroatoms. The van der Waals surface area contributed by atoms with E-state index in [1.54, 1.807) is 0 Å². The van der Waals surface area contributed by atoms with E-state index in [0.717, 1.165) is 16.7 Å². The highest BCUT2D eigenvalue weighted by molar-refractivity contribution is 5.15. The standard InChI is InChI=1S/C29H34O6/c1-2-31-29-28(34-21-24-16-10-5-11-17-24)27(33-20-23-14-8-4-9-15-23)26(25(18-30)35-29)32-19-22-12-6-3-7-13-22/h3-17,25-30H,2,18-21H2,1H3. The summed E-state index contributed by atoms with van der Waals surface area (Å²) in [5, 5.41) is 10.2. The number of aliphatic hydroxyl groups is 1. The SMILES string of the molecule is CCOC1OC(CO)C(OCc2ccccc2)C(OCc2ccccc2)C1OCc1ccccc1. The fourth-order valence-electron chi connectivity index (χ4n) is 4.19. The van der Waals surface area contributed by atoms with Crippen LogP contribution < -0.4 is 0 Å². The number of ether oxygens (including phenoxy) is 5. The van der Waals surface area contributed by atoms with Gasteiger partial charge in [0, 0.05) is 6.61 Å². The average Bonchev–Trinajstić information content (AvgIpc) is 2.92. The van der Waals surface area contributed by atoms with Crippen LogP contribution in [0.15, 0.2) is 91.0 Å². The monoisotopic (exact) mass is 478 g/mol. The van der Waals surface area contributed by atoms with Crippen LogP contribution in [-0.2, 0) is 43.5 Å². The van der Waals surface area contributed by atoms with E-state index in [2.05, 4.69) is 0 Å². The highest BCUT2D eigenvalue weighted by atomic mass is 16.7. The van der Waals surface area contributed by atoms with Gasteiger partial charge in [0.2, 0.25) is 0 Å². The molecule has 5 atom stereocenters. The molecule has 1 N–H and O–H groups in total. The van der Waals surface area contributed by atoms with E-state index in [1.807, 2.05) is 97.9 Å². The van der Waals surface area contributed by atoms with Gasteiger partial charge >= 0.3 is 0 Å². The van der Waals surface area contributed by atoms with Gasteiger partial charge in [-0.25, -0.2) is 0 Å². The fourth-order valence-corrected chi connectivity index (χ4v) is 4.19. The van der Waals surface area contributed by atoms with Crippen molar-refractivity contribution in [3.8, 4) is 0 Å². The topological polar surface area (TPSA) is 66.4 Å². The third kappa shape index (κ3) is 7.21. The lowest BCUT2D eigenvalue weighted by atomic mass is 9.98. The maximum Gasteiger partial charge on any atom is 0.186 e. The molecule has 1 saturated heterocycles. The number of aliphatic hydroxyl groups excluding tert-OH is 1. The molecule has 1 aliphatic heterocycles. The van der Waals surface area contributed by atoms with Gasteiger partial charge in [-0.05, 0) is 23.6 Å². The first kappa shape index (κ1) is 25.5. The number of benzene rings is 3. The summed E-state index contributed by atoms with van der Waals surface area (Å²) in [5.74, 6) is 0. The van der Waals surface area contributed by atoms with Crippen LogP contribution in [0.3, 0.4) is 0 Å². The Bertz CT molecular complexity index is 968. The van der Waals surface area contributed by atoms with E-state index in [9.17, 15) is 5.11 Å². The van der Waals surface area contributed by atoms with Gasteiger partial charge in [0.1, 0.15) is 24.4 Å². The predicted octanol–water partition coefficient (Wildman–Crippen LogP) is 4.50. The Morgan fingerprint density at radius 1 is 0.600 bits per heavy atom. The lowest BCUT2D eigenvalue weighted by molar-refractivity contribution is -0.325. The van der Waals surface area contributed by atoms with E-state index in [0.29, 0.717) is 26.4 Å². The minimum absolute atomic E-state index is 0.223. The van der Waals surface area contributed by atoms with Crippen molar-refractivity contribution in [1.29, 1.82) is 0 Å². The highest BCUT2D eigenvalue weighted by Gasteiger charge is 2.48. The molecule has 1 aliphatic rings. The zero-order valence-electron chi connectivity index (χ0n) is 20.1. The van der Waals surface area contributed by atoms with Crippen molar-refractivity contribution in [1.82, 2.24) is 0 Å². The van der Waals surface area contributed by atoms with Crippen LogP contribution in [0, 0.1) is 0 Å². The Kier molecular flexibility index (Phi) is 9.84. The molecule has 3 aromatic carbocycles. The Balaban J connectivity index is 1.58. The molecule has 0 aromatic heterocycles. The first-order valence-electron chi connectivity index (χ1n) is 12.1. The van der Waals surface area contributed by atoms with Crippen LogP contribution in [0.1, 0.15) is 23.6 Å². The third-order valence-electron chi connectivity index (χ3n) is 5.96. The average molecular weight is 479 g/mol. The zero-order chi connectivity index (χ0) is 24.3. The molecule has 0 bridgehead atoms. The van der Waals surface area contributed by atoms with Crippen molar-refractivity contribution in [2.45, 2.75) is 57.5 Å². The molecule has 0 spiro atoms. The van der Waals surface area contributed by atoms with Crippen LogP contribution in [0.4, 0.5) is 0 Å². The van der Waals surface area contributed by atoms with Crippen LogP contribution in [-0.4, -0.2) is 49.0 Å². The lowest BCUT2D eigenvalue weighted by Crippen LogP contribution is -2.61. The van der Waals surface area contributed by atoms with Gasteiger partial charge in [-0.15, -0.1) is 0 Å². The van der Waals surface area contributed by atoms with Crippen molar-refractivity contribution in [2.24, 2.45) is 0 Å². The minimum atomic E-state index is -0.696. The Labute approximate surface area is 207 Å². The summed E-state index contributed by atoms with van der Waals surface area (Å²) in [4.78, 5) is 0. The molecule has 4 rings (SSSR count). The second-order valence-electron chi connectivity index (χ2n) is 8.46. The van der Waals surface area contributed by atoms with Crippen molar-refractivity contribution < 1.29 is 28.8 Å². The molecule has 6 nitrogen and oxygen atoms in total. The summed E-state index contributed by atoms with van der Waals surface area (Å²) < 4.78 is 31.2. The highest BCUT2D eigenvalue weighted by Crippen LogP contribution is 2.31. The molecule has 0 radical (unpaired) electrons. The van der Waals surface area contributed by atoms with Crippen molar-refractivity contribution >= 4 is 0 Å². The normalized spacial score (nSPS) is 24.3. The summed E-state index contributed by atoms with van der Waals surface area (Å²) in [7, 11) is 0. The first-order chi connectivity index (χ1) is 17.3. The molecule has 35 heavy (non-hydrogen) atoms. The number of hydrogen-bond donors (Lipinski definition) is 1. The maximum absolute atomic E-state index is 10.2. The summed E-state index contributed by atoms with van der Waals surface area (Å²) >= 11 is 0. The molecule has 0 amide bonds. The summed E-state index contributed by atoms with van der Waals surface area (Å²) in [6.07, 6.45) is -2.94. The quantitative estimate of drug-likeness (QED) is 0.414. The lowest BCUT2D eigenvalue weighted by Gasteiger charge is -2.45. The molecule has 0 aliphatic carbocycles. The molecule has 1 fully saturated rings. The van der Waals surface area contributed by atoms with Crippen molar-refractivity contribution in [2.75, 3.05) is 13.2 Å². The molecule has 1 heterocycles. The second kappa shape index (κ2) is 13.5. The number of hydrogen-bond acceptors (Lipinski definition) is 6. The molecule has 3 aromatic rings. The molecule has 186 valence electrons. The fraction of sp³-hybridized carbons (Fsp3) is 0.379. The second-order valence-corrected chi connectivity index (χ2v) is 8.46. The van der Waals surface area contributed by atoms with Gasteiger partial charge in [-0.1, -0.05) is 91.0 Å². The molecule has 0 saturated carbocycles. The third-order valence-corrected chi connectivity index (χ3v) is 5.96. The Morgan fingerprint density at radius 3 is 1.46 bits per heavy atom. The largest absolute Gasteiger partial charge is 0.394 e. The van der Waals surface area contributed by atoms with Gasteiger partial charge in [0.15, 0.2) is 6.29 Å². The van der Waals surface area contributed by atoms with Crippen LogP contribution in [0.25, 0.3) is 0 Å². The maximum atomic E-state index is 10.2.